The number of phenolic OH excluding ortho intramolecular Hbond substituents is 1. The van der Waals surface area contributed by atoms with Gasteiger partial charge in [-0.1, -0.05) is 36.4 Å². The summed E-state index contributed by atoms with van der Waals surface area (Å²) in [7, 11) is 3.99. The SMILES string of the molecule is CN(C)Cc1ccc(-c2ccc(O)c3c2C[C@H]2C[C@H]4CC=C(C(N)=O)C(=O)[C@@]4(O)C(=O)C2=C3O)cc1. The Morgan fingerprint density at radius 1 is 1.08 bits per heavy atom. The van der Waals surface area contributed by atoms with Crippen LogP contribution in [-0.4, -0.2) is 57.4 Å². The summed E-state index contributed by atoms with van der Waals surface area (Å²) in [6.45, 7) is 0.792. The van der Waals surface area contributed by atoms with Gasteiger partial charge in [-0.25, -0.2) is 0 Å². The van der Waals surface area contributed by atoms with Crippen LogP contribution in [0.15, 0.2) is 53.6 Å². The maximum absolute atomic E-state index is 13.6. The molecule has 2 aromatic carbocycles. The number of aliphatic hydroxyl groups excluding tert-OH is 1. The first-order chi connectivity index (χ1) is 17.0. The Balaban J connectivity index is 1.61. The molecule has 1 amide bonds. The lowest BCUT2D eigenvalue weighted by atomic mass is 9.59. The fourth-order valence-corrected chi connectivity index (χ4v) is 5.94. The molecule has 0 bridgehead atoms. The van der Waals surface area contributed by atoms with E-state index in [1.165, 1.54) is 12.1 Å². The van der Waals surface area contributed by atoms with E-state index in [0.29, 0.717) is 12.0 Å². The molecular weight excluding hydrogens is 460 g/mol. The number of aromatic hydroxyl groups is 1. The van der Waals surface area contributed by atoms with Crippen molar-refractivity contribution in [1.82, 2.24) is 4.90 Å². The molecule has 5 N–H and O–H groups in total. The number of phenols is 1. The van der Waals surface area contributed by atoms with Crippen molar-refractivity contribution in [2.45, 2.75) is 31.4 Å². The van der Waals surface area contributed by atoms with Gasteiger partial charge >= 0.3 is 0 Å². The number of Topliss-reactive ketones (excluding diaryl/α,β-unsaturated/α-hetero) is 2. The Bertz CT molecular complexity index is 1370. The van der Waals surface area contributed by atoms with E-state index in [4.69, 9.17) is 5.73 Å². The van der Waals surface area contributed by atoms with Crippen molar-refractivity contribution in [3.8, 4) is 16.9 Å². The number of allylic oxidation sites excluding steroid dienone is 1. The van der Waals surface area contributed by atoms with Crippen LogP contribution in [0.5, 0.6) is 5.75 Å². The second-order valence-corrected chi connectivity index (χ2v) is 10.2. The minimum atomic E-state index is -2.47. The summed E-state index contributed by atoms with van der Waals surface area (Å²) >= 11 is 0. The lowest BCUT2D eigenvalue weighted by Crippen LogP contribution is -2.60. The molecule has 0 aromatic heterocycles. The molecule has 5 rings (SSSR count). The maximum atomic E-state index is 13.6. The number of carbonyl (C=O) groups excluding carboxylic acids is 3. The van der Waals surface area contributed by atoms with Gasteiger partial charge in [0, 0.05) is 18.0 Å². The monoisotopic (exact) mass is 488 g/mol. The first-order valence-electron chi connectivity index (χ1n) is 11.9. The normalized spacial score (nSPS) is 25.3. The topological polar surface area (TPSA) is 141 Å². The minimum Gasteiger partial charge on any atom is -0.507 e. The number of hydrogen-bond acceptors (Lipinski definition) is 7. The van der Waals surface area contributed by atoms with Crippen molar-refractivity contribution in [2.75, 3.05) is 14.1 Å². The molecular formula is C28H28N2O6. The van der Waals surface area contributed by atoms with Crippen molar-refractivity contribution >= 4 is 23.2 Å². The van der Waals surface area contributed by atoms with E-state index in [-0.39, 0.29) is 29.7 Å². The fraction of sp³-hybridized carbons (Fsp3) is 0.321. The summed E-state index contributed by atoms with van der Waals surface area (Å²) in [5.41, 5.74) is 6.03. The molecule has 0 heterocycles. The number of carbonyl (C=O) groups is 3. The quantitative estimate of drug-likeness (QED) is 0.382. The Labute approximate surface area is 208 Å². The van der Waals surface area contributed by atoms with Gasteiger partial charge in [-0.15, -0.1) is 0 Å². The summed E-state index contributed by atoms with van der Waals surface area (Å²) in [6.07, 6.45) is 2.13. The van der Waals surface area contributed by atoms with E-state index >= 15 is 0 Å². The van der Waals surface area contributed by atoms with Gasteiger partial charge in [0.1, 0.15) is 11.5 Å². The number of rotatable bonds is 4. The van der Waals surface area contributed by atoms with Crippen molar-refractivity contribution in [3.05, 3.63) is 70.3 Å². The molecule has 1 fully saturated rings. The number of fused-ring (bicyclic) bond motifs is 3. The highest BCUT2D eigenvalue weighted by Crippen LogP contribution is 2.51. The van der Waals surface area contributed by atoms with Gasteiger partial charge in [0.2, 0.25) is 11.6 Å². The zero-order chi connectivity index (χ0) is 25.9. The first kappa shape index (κ1) is 24.0. The number of benzene rings is 2. The molecule has 36 heavy (non-hydrogen) atoms. The zero-order valence-corrected chi connectivity index (χ0v) is 20.1. The van der Waals surface area contributed by atoms with Crippen LogP contribution in [0.25, 0.3) is 16.9 Å². The lowest BCUT2D eigenvalue weighted by Gasteiger charge is -2.45. The number of hydrogen-bond donors (Lipinski definition) is 4. The van der Waals surface area contributed by atoms with Crippen molar-refractivity contribution < 1.29 is 29.7 Å². The summed E-state index contributed by atoms with van der Waals surface area (Å²) in [4.78, 5) is 40.3. The van der Waals surface area contributed by atoms with Gasteiger partial charge in [-0.2, -0.15) is 0 Å². The highest BCUT2D eigenvalue weighted by molar-refractivity contribution is 6.32. The number of ketones is 2. The van der Waals surface area contributed by atoms with Crippen LogP contribution < -0.4 is 5.73 Å². The Kier molecular flexibility index (Phi) is 5.61. The van der Waals surface area contributed by atoms with E-state index < -0.39 is 46.2 Å². The smallest absolute Gasteiger partial charge is 0.252 e. The average Bonchev–Trinajstić information content (AvgIpc) is 2.81. The van der Waals surface area contributed by atoms with Crippen LogP contribution in [0.4, 0.5) is 0 Å². The minimum absolute atomic E-state index is 0.0888. The van der Waals surface area contributed by atoms with Crippen molar-refractivity contribution in [3.63, 3.8) is 0 Å². The second-order valence-electron chi connectivity index (χ2n) is 10.2. The lowest BCUT2D eigenvalue weighted by molar-refractivity contribution is -0.157. The van der Waals surface area contributed by atoms with Gasteiger partial charge in [-0.3, -0.25) is 14.4 Å². The fourth-order valence-electron chi connectivity index (χ4n) is 5.94. The summed E-state index contributed by atoms with van der Waals surface area (Å²) in [5, 5.41) is 33.2. The van der Waals surface area contributed by atoms with Gasteiger partial charge in [0.05, 0.1) is 11.1 Å². The molecule has 0 unspecified atom stereocenters. The molecule has 0 radical (unpaired) electrons. The summed E-state index contributed by atoms with van der Waals surface area (Å²) in [6, 6.07) is 11.3. The predicted molar refractivity (Wildman–Crippen MR) is 133 cm³/mol. The molecule has 186 valence electrons. The Morgan fingerprint density at radius 3 is 2.42 bits per heavy atom. The zero-order valence-electron chi connectivity index (χ0n) is 20.1. The highest BCUT2D eigenvalue weighted by Gasteiger charge is 2.60. The molecule has 0 aliphatic heterocycles. The molecule has 3 aliphatic rings. The largest absolute Gasteiger partial charge is 0.507 e. The first-order valence-corrected chi connectivity index (χ1v) is 11.9. The van der Waals surface area contributed by atoms with Crippen LogP contribution in [0.1, 0.15) is 29.5 Å². The summed E-state index contributed by atoms with van der Waals surface area (Å²) in [5.74, 6) is -4.80. The molecule has 8 heteroatoms. The van der Waals surface area contributed by atoms with Crippen molar-refractivity contribution in [1.29, 1.82) is 0 Å². The standard InChI is InChI=1S/C28H28N2O6/c1-30(2)13-14-3-5-15(6-4-14)18-9-10-21(31)23-20(18)12-16-11-17-7-8-19(27(29)35)25(33)28(17,36)26(34)22(16)24(23)32/h3-6,8-10,16-17,31-32,36H,7,11-13H2,1-2H3,(H2,29,35)/t16-,17-,28-/m1/s1. The van der Waals surface area contributed by atoms with Crippen LogP contribution in [0, 0.1) is 11.8 Å². The maximum Gasteiger partial charge on any atom is 0.252 e. The summed E-state index contributed by atoms with van der Waals surface area (Å²) < 4.78 is 0. The van der Waals surface area contributed by atoms with Gasteiger partial charge in [0.25, 0.3) is 5.91 Å². The van der Waals surface area contributed by atoms with Crippen LogP contribution in [0.3, 0.4) is 0 Å². The third kappa shape index (κ3) is 3.48. The average molecular weight is 489 g/mol. The van der Waals surface area contributed by atoms with E-state index in [1.54, 1.807) is 6.07 Å². The number of aliphatic hydroxyl groups is 2. The molecule has 0 saturated heterocycles. The molecule has 8 nitrogen and oxygen atoms in total. The van der Waals surface area contributed by atoms with Gasteiger partial charge in [-0.05, 0) is 67.6 Å². The number of amides is 1. The third-order valence-corrected chi connectivity index (χ3v) is 7.62. The third-order valence-electron chi connectivity index (χ3n) is 7.62. The molecule has 3 aliphatic carbocycles. The van der Waals surface area contributed by atoms with E-state index in [2.05, 4.69) is 4.90 Å². The molecule has 3 atom stereocenters. The molecule has 0 spiro atoms. The van der Waals surface area contributed by atoms with Crippen LogP contribution in [-0.2, 0) is 27.3 Å². The van der Waals surface area contributed by atoms with Crippen LogP contribution >= 0.6 is 0 Å². The number of primary amides is 1. The second kappa shape index (κ2) is 8.43. The van der Waals surface area contributed by atoms with Crippen LogP contribution in [0.2, 0.25) is 0 Å². The van der Waals surface area contributed by atoms with E-state index in [0.717, 1.165) is 23.2 Å². The Morgan fingerprint density at radius 2 is 1.78 bits per heavy atom. The predicted octanol–water partition coefficient (Wildman–Crippen LogP) is 2.27. The molecule has 1 saturated carbocycles. The van der Waals surface area contributed by atoms with Gasteiger partial charge < -0.3 is 26.0 Å². The highest BCUT2D eigenvalue weighted by atomic mass is 16.3. The number of nitrogens with zero attached hydrogens (tertiary/aromatic N) is 1. The van der Waals surface area contributed by atoms with Gasteiger partial charge in [0.15, 0.2) is 5.60 Å². The van der Waals surface area contributed by atoms with E-state index in [1.807, 2.05) is 38.4 Å². The van der Waals surface area contributed by atoms with E-state index in [9.17, 15) is 29.7 Å². The van der Waals surface area contributed by atoms with Crippen molar-refractivity contribution in [2.24, 2.45) is 17.6 Å². The molecule has 2 aromatic rings. The number of nitrogens with two attached hydrogens (primary N) is 1. The Hall–Kier alpha value is -3.75.